The Kier molecular flexibility index (Phi) is 5.41. The number of halogens is 9. The summed E-state index contributed by atoms with van der Waals surface area (Å²) in [7, 11) is 0. The molecular formula is C14H11F9O2. The molecule has 0 fully saturated rings. The van der Waals surface area contributed by atoms with Gasteiger partial charge in [0.2, 0.25) is 0 Å². The molecule has 1 unspecified atom stereocenters. The van der Waals surface area contributed by atoms with Gasteiger partial charge in [-0.25, -0.2) is 0 Å². The Morgan fingerprint density at radius 1 is 0.880 bits per heavy atom. The summed E-state index contributed by atoms with van der Waals surface area (Å²) in [6.07, 6.45) is -16.4. The van der Waals surface area contributed by atoms with Crippen LogP contribution >= 0.6 is 0 Å². The normalized spacial score (nSPS) is 15.6. The van der Waals surface area contributed by atoms with E-state index in [0.29, 0.717) is 6.92 Å². The zero-order chi connectivity index (χ0) is 19.8. The van der Waals surface area contributed by atoms with Gasteiger partial charge in [-0.1, -0.05) is 6.92 Å². The molecule has 0 heterocycles. The molecule has 142 valence electrons. The van der Waals surface area contributed by atoms with Crippen LogP contribution in [-0.2, 0) is 17.1 Å². The molecule has 1 rings (SSSR count). The fraction of sp³-hybridized carbons (Fsp3) is 0.500. The number of carbonyl (C=O) groups excluding carboxylic acids is 1. The van der Waals surface area contributed by atoms with Gasteiger partial charge >= 0.3 is 24.5 Å². The summed E-state index contributed by atoms with van der Waals surface area (Å²) in [5.74, 6) is -3.29. The SMILES string of the molecule is CCC(C)(C(=O)Oc1cc(C(F)(F)F)cc(C(F)(F)F)c1)C(F)(F)F. The van der Waals surface area contributed by atoms with Crippen molar-refractivity contribution in [3.8, 4) is 5.75 Å². The highest BCUT2D eigenvalue weighted by Crippen LogP contribution is 2.43. The molecule has 0 spiro atoms. The standard InChI is InChI=1S/C14H11F9O2/c1-3-11(2,14(21,22)23)10(24)25-9-5-7(12(15,16)17)4-8(6-9)13(18,19)20/h4-6H,3H2,1-2H3. The first-order valence-electron chi connectivity index (χ1n) is 6.61. The van der Waals surface area contributed by atoms with Crippen LogP contribution in [0.4, 0.5) is 39.5 Å². The molecule has 0 aliphatic heterocycles. The molecule has 1 aromatic carbocycles. The number of carbonyl (C=O) groups is 1. The quantitative estimate of drug-likeness (QED) is 0.386. The maximum absolute atomic E-state index is 12.9. The van der Waals surface area contributed by atoms with Crippen molar-refractivity contribution in [3.05, 3.63) is 29.3 Å². The third-order valence-electron chi connectivity index (χ3n) is 3.56. The molecule has 0 N–H and O–H groups in total. The minimum atomic E-state index is -5.22. The van der Waals surface area contributed by atoms with Crippen LogP contribution in [0.1, 0.15) is 31.4 Å². The first-order valence-corrected chi connectivity index (χ1v) is 6.61. The molecule has 0 amide bonds. The fourth-order valence-electron chi connectivity index (χ4n) is 1.67. The zero-order valence-electron chi connectivity index (χ0n) is 12.7. The van der Waals surface area contributed by atoms with Crippen molar-refractivity contribution < 1.29 is 49.0 Å². The number of alkyl halides is 9. The number of ether oxygens (including phenoxy) is 1. The Labute approximate surface area is 135 Å². The Morgan fingerprint density at radius 2 is 1.28 bits per heavy atom. The Balaban J connectivity index is 3.36. The molecule has 0 radical (unpaired) electrons. The lowest BCUT2D eigenvalue weighted by Gasteiger charge is -2.28. The van der Waals surface area contributed by atoms with Gasteiger partial charge in [-0.2, -0.15) is 39.5 Å². The van der Waals surface area contributed by atoms with Crippen LogP contribution in [0, 0.1) is 5.41 Å². The second-order valence-electron chi connectivity index (χ2n) is 5.31. The predicted molar refractivity (Wildman–Crippen MR) is 66.5 cm³/mol. The molecule has 0 aliphatic carbocycles. The molecule has 0 saturated heterocycles. The van der Waals surface area contributed by atoms with Gasteiger partial charge in [-0.3, -0.25) is 4.79 Å². The molecule has 0 saturated carbocycles. The lowest BCUT2D eigenvalue weighted by molar-refractivity contribution is -0.225. The first-order chi connectivity index (χ1) is 11.0. The van der Waals surface area contributed by atoms with Gasteiger partial charge in [0.25, 0.3) is 0 Å². The van der Waals surface area contributed by atoms with Crippen molar-refractivity contribution in [1.29, 1.82) is 0 Å². The maximum Gasteiger partial charge on any atom is 0.416 e. The summed E-state index contributed by atoms with van der Waals surface area (Å²) in [6, 6.07) is -0.181. The molecule has 2 nitrogen and oxygen atoms in total. The summed E-state index contributed by atoms with van der Waals surface area (Å²) in [5, 5.41) is 0. The number of esters is 1. The van der Waals surface area contributed by atoms with Crippen LogP contribution in [0.2, 0.25) is 0 Å². The number of benzene rings is 1. The Hall–Kier alpha value is -1.94. The Bertz CT molecular complexity index is 611. The molecule has 0 aliphatic rings. The summed E-state index contributed by atoms with van der Waals surface area (Å²) < 4.78 is 119. The van der Waals surface area contributed by atoms with E-state index in [-0.39, 0.29) is 18.2 Å². The topological polar surface area (TPSA) is 26.3 Å². The molecule has 25 heavy (non-hydrogen) atoms. The van der Waals surface area contributed by atoms with Crippen molar-refractivity contribution in [1.82, 2.24) is 0 Å². The van der Waals surface area contributed by atoms with E-state index in [9.17, 15) is 44.3 Å². The van der Waals surface area contributed by atoms with Crippen LogP contribution in [0.3, 0.4) is 0 Å². The van der Waals surface area contributed by atoms with E-state index < -0.39 is 53.2 Å². The van der Waals surface area contributed by atoms with E-state index in [0.717, 1.165) is 6.92 Å². The fourth-order valence-corrected chi connectivity index (χ4v) is 1.67. The van der Waals surface area contributed by atoms with Gasteiger partial charge in [0.15, 0.2) is 5.41 Å². The minimum Gasteiger partial charge on any atom is -0.426 e. The van der Waals surface area contributed by atoms with E-state index in [2.05, 4.69) is 4.74 Å². The van der Waals surface area contributed by atoms with Gasteiger partial charge in [-0.05, 0) is 31.5 Å². The molecule has 0 bridgehead atoms. The van der Waals surface area contributed by atoms with Crippen LogP contribution in [-0.4, -0.2) is 12.1 Å². The third-order valence-corrected chi connectivity index (χ3v) is 3.56. The molecule has 0 aromatic heterocycles. The van der Waals surface area contributed by atoms with Gasteiger partial charge in [0, 0.05) is 0 Å². The third kappa shape index (κ3) is 4.57. The summed E-state index contributed by atoms with van der Waals surface area (Å²) in [6.45, 7) is 1.41. The second-order valence-corrected chi connectivity index (χ2v) is 5.31. The van der Waals surface area contributed by atoms with Crippen LogP contribution in [0.25, 0.3) is 0 Å². The average molecular weight is 382 g/mol. The van der Waals surface area contributed by atoms with Crippen LogP contribution in [0.15, 0.2) is 18.2 Å². The summed E-state index contributed by atoms with van der Waals surface area (Å²) in [5.41, 5.74) is -6.70. The smallest absolute Gasteiger partial charge is 0.416 e. The van der Waals surface area contributed by atoms with Crippen molar-refractivity contribution >= 4 is 5.97 Å². The van der Waals surface area contributed by atoms with Gasteiger partial charge < -0.3 is 4.74 Å². The predicted octanol–water partition coefficient (Wildman–Crippen LogP) is 5.61. The average Bonchev–Trinajstić information content (AvgIpc) is 2.42. The van der Waals surface area contributed by atoms with Gasteiger partial charge in [0.05, 0.1) is 11.1 Å². The number of hydrogen-bond acceptors (Lipinski definition) is 2. The van der Waals surface area contributed by atoms with Crippen LogP contribution < -0.4 is 4.74 Å². The van der Waals surface area contributed by atoms with E-state index in [1.54, 1.807) is 0 Å². The monoisotopic (exact) mass is 382 g/mol. The maximum atomic E-state index is 12.9. The molecular weight excluding hydrogens is 371 g/mol. The Morgan fingerprint density at radius 3 is 1.56 bits per heavy atom. The van der Waals surface area contributed by atoms with E-state index in [4.69, 9.17) is 0 Å². The second kappa shape index (κ2) is 6.41. The van der Waals surface area contributed by atoms with Crippen molar-refractivity contribution in [2.24, 2.45) is 5.41 Å². The molecule has 1 atom stereocenters. The molecule has 1 aromatic rings. The summed E-state index contributed by atoms with van der Waals surface area (Å²) in [4.78, 5) is 11.7. The lowest BCUT2D eigenvalue weighted by atomic mass is 9.87. The van der Waals surface area contributed by atoms with Crippen molar-refractivity contribution in [3.63, 3.8) is 0 Å². The highest BCUT2D eigenvalue weighted by atomic mass is 19.4. The first kappa shape index (κ1) is 21.1. The summed E-state index contributed by atoms with van der Waals surface area (Å²) >= 11 is 0. The van der Waals surface area contributed by atoms with Crippen molar-refractivity contribution in [2.45, 2.75) is 38.8 Å². The highest BCUT2D eigenvalue weighted by Gasteiger charge is 2.56. The van der Waals surface area contributed by atoms with Gasteiger partial charge in [0.1, 0.15) is 5.75 Å². The zero-order valence-corrected chi connectivity index (χ0v) is 12.7. The minimum absolute atomic E-state index is 0.0274. The van der Waals surface area contributed by atoms with E-state index in [1.807, 2.05) is 0 Å². The number of rotatable bonds is 3. The van der Waals surface area contributed by atoms with Crippen molar-refractivity contribution in [2.75, 3.05) is 0 Å². The van der Waals surface area contributed by atoms with E-state index in [1.165, 1.54) is 0 Å². The largest absolute Gasteiger partial charge is 0.426 e. The highest BCUT2D eigenvalue weighted by molar-refractivity contribution is 5.79. The lowest BCUT2D eigenvalue weighted by Crippen LogP contribution is -2.44. The van der Waals surface area contributed by atoms with Crippen LogP contribution in [0.5, 0.6) is 5.75 Å². The van der Waals surface area contributed by atoms with Gasteiger partial charge in [-0.15, -0.1) is 0 Å². The molecule has 11 heteroatoms. The number of hydrogen-bond donors (Lipinski definition) is 0. The van der Waals surface area contributed by atoms with E-state index >= 15 is 0 Å².